The van der Waals surface area contributed by atoms with Crippen molar-refractivity contribution in [3.05, 3.63) is 58.5 Å². The van der Waals surface area contributed by atoms with E-state index in [0.717, 1.165) is 0 Å². The molecule has 0 aromatic heterocycles. The Bertz CT molecular complexity index is 945. The quantitative estimate of drug-likeness (QED) is 0.557. The summed E-state index contributed by atoms with van der Waals surface area (Å²) >= 11 is 2.10. The highest BCUT2D eigenvalue weighted by Gasteiger charge is 2.47. The first-order valence-electron chi connectivity index (χ1n) is 10.0. The zero-order valence-corrected chi connectivity index (χ0v) is 20.0. The molecule has 3 rings (SSSR count). The summed E-state index contributed by atoms with van der Waals surface area (Å²) in [6.07, 6.45) is 7.50. The van der Waals surface area contributed by atoms with Gasteiger partial charge in [0.15, 0.2) is 0 Å². The maximum atomic E-state index is 2.61. The molecule has 0 saturated heterocycles. The van der Waals surface area contributed by atoms with Crippen molar-refractivity contribution < 1.29 is 0 Å². The smallest absolute Gasteiger partial charge is 0.124 e. The largest absolute Gasteiger partial charge is 0.188 e. The highest BCUT2D eigenvalue weighted by atomic mass is 32.4. The van der Waals surface area contributed by atoms with Crippen LogP contribution >= 0.6 is 11.2 Å². The minimum Gasteiger partial charge on any atom is -0.188 e. The summed E-state index contributed by atoms with van der Waals surface area (Å²) in [7, 11) is -1.51. The van der Waals surface area contributed by atoms with Gasteiger partial charge in [0, 0.05) is 5.04 Å². The van der Waals surface area contributed by atoms with Crippen molar-refractivity contribution in [2.24, 2.45) is 5.92 Å². The predicted molar refractivity (Wildman–Crippen MR) is 127 cm³/mol. The van der Waals surface area contributed by atoms with Crippen molar-refractivity contribution >= 4 is 30.6 Å². The summed E-state index contributed by atoms with van der Waals surface area (Å²) in [6.45, 7) is 16.7. The Labute approximate surface area is 170 Å². The lowest BCUT2D eigenvalue weighted by molar-refractivity contribution is 0.590. The molecule has 0 radical (unpaired) electrons. The van der Waals surface area contributed by atoms with Gasteiger partial charge in [0.25, 0.3) is 0 Å². The Kier molecular flexibility index (Phi) is 5.29. The molecule has 2 aromatic carbocycles. The highest BCUT2D eigenvalue weighted by molar-refractivity contribution is 8.28. The van der Waals surface area contributed by atoms with E-state index in [1.807, 2.05) is 0 Å². The number of fused-ring (bicyclic) bond motifs is 1. The molecule has 1 unspecified atom stereocenters. The van der Waals surface area contributed by atoms with Crippen LogP contribution in [0.3, 0.4) is 0 Å². The van der Waals surface area contributed by atoms with Gasteiger partial charge in [-0.2, -0.15) is 11.2 Å². The van der Waals surface area contributed by atoms with E-state index >= 15 is 0 Å². The van der Waals surface area contributed by atoms with Gasteiger partial charge < -0.3 is 0 Å². The van der Waals surface area contributed by atoms with Gasteiger partial charge in [0.1, 0.15) is 7.22 Å². The van der Waals surface area contributed by atoms with Crippen LogP contribution in [0.1, 0.15) is 40.2 Å². The third-order valence-electron chi connectivity index (χ3n) is 6.49. The fourth-order valence-electron chi connectivity index (χ4n) is 4.36. The molecule has 0 saturated carbocycles. The third-order valence-corrected chi connectivity index (χ3v) is 14.6. The van der Waals surface area contributed by atoms with Crippen LogP contribution in [0.4, 0.5) is 0 Å². The van der Waals surface area contributed by atoms with Crippen LogP contribution in [0, 0.1) is 5.92 Å². The lowest BCUT2D eigenvalue weighted by Crippen LogP contribution is -2.39. The molecule has 144 valence electrons. The second kappa shape index (κ2) is 6.97. The maximum Gasteiger partial charge on any atom is 0.124 e. The molecular weight excluding hydrogens is 360 g/mol. The van der Waals surface area contributed by atoms with Crippen LogP contribution in [-0.4, -0.2) is 13.5 Å². The first-order valence-corrected chi connectivity index (χ1v) is 15.0. The van der Waals surface area contributed by atoms with E-state index in [1.165, 1.54) is 27.1 Å². The number of hydrogen-bond acceptors (Lipinski definition) is 1. The molecule has 0 heterocycles. The van der Waals surface area contributed by atoms with Gasteiger partial charge >= 0.3 is 0 Å². The third kappa shape index (κ3) is 3.47. The summed E-state index contributed by atoms with van der Waals surface area (Å²) in [5, 5.41) is 3.05. The van der Waals surface area contributed by atoms with Crippen LogP contribution in [-0.2, 0) is 5.41 Å². The van der Waals surface area contributed by atoms with Crippen LogP contribution in [0.15, 0.2) is 42.5 Å². The standard InChI is InChI=1S/C25H34SSi/c1-18(2)25(27(7,8)26-6)16-20-10-9-11-22(23(20)17-25)19-12-14-21(15-13-19)24(3,4)5/h9-18H,1-8H3. The van der Waals surface area contributed by atoms with Gasteiger partial charge in [0.2, 0.25) is 0 Å². The number of benzene rings is 2. The van der Waals surface area contributed by atoms with E-state index in [4.69, 9.17) is 0 Å². The molecule has 1 aliphatic rings. The highest BCUT2D eigenvalue weighted by Crippen LogP contribution is 2.53. The Morgan fingerprint density at radius 3 is 2.07 bits per heavy atom. The summed E-state index contributed by atoms with van der Waals surface area (Å²) < 4.78 is 0. The van der Waals surface area contributed by atoms with Crippen LogP contribution in [0.2, 0.25) is 18.1 Å². The van der Waals surface area contributed by atoms with Gasteiger partial charge in [-0.25, -0.2) is 0 Å². The first-order chi connectivity index (χ1) is 12.5. The normalized spacial score (nSPS) is 19.6. The zero-order valence-electron chi connectivity index (χ0n) is 18.2. The molecule has 2 aromatic rings. The first kappa shape index (κ1) is 20.5. The molecule has 0 fully saturated rings. The van der Waals surface area contributed by atoms with E-state index in [2.05, 4.69) is 120 Å². The van der Waals surface area contributed by atoms with E-state index < -0.39 is 7.22 Å². The molecule has 27 heavy (non-hydrogen) atoms. The van der Waals surface area contributed by atoms with Crippen molar-refractivity contribution in [3.8, 4) is 11.1 Å². The second-order valence-corrected chi connectivity index (χ2v) is 18.3. The van der Waals surface area contributed by atoms with Gasteiger partial charge in [0.05, 0.1) is 0 Å². The molecular formula is C25H34SSi. The fourth-order valence-corrected chi connectivity index (χ4v) is 9.22. The Morgan fingerprint density at radius 2 is 1.56 bits per heavy atom. The van der Waals surface area contributed by atoms with Crippen LogP contribution in [0.5, 0.6) is 0 Å². The molecule has 2 heteroatoms. The molecule has 0 spiro atoms. The van der Waals surface area contributed by atoms with E-state index in [9.17, 15) is 0 Å². The summed E-state index contributed by atoms with van der Waals surface area (Å²) in [5.74, 6) is 0.607. The summed E-state index contributed by atoms with van der Waals surface area (Å²) in [4.78, 5) is 0. The van der Waals surface area contributed by atoms with Crippen molar-refractivity contribution in [1.82, 2.24) is 0 Å². The minimum absolute atomic E-state index is 0.192. The van der Waals surface area contributed by atoms with E-state index in [0.29, 0.717) is 5.92 Å². The molecule has 0 amide bonds. The SMILES string of the molecule is CS[Si](C)(C)C1(C(C)C)C=c2cccc(-c3ccc(C(C)(C)C)cc3)c2=C1. The van der Waals surface area contributed by atoms with Crippen LogP contribution < -0.4 is 10.4 Å². The lowest BCUT2D eigenvalue weighted by Gasteiger charge is -2.42. The Balaban J connectivity index is 2.19. The average molecular weight is 395 g/mol. The molecule has 0 aliphatic heterocycles. The van der Waals surface area contributed by atoms with E-state index in [1.54, 1.807) is 0 Å². The maximum absolute atomic E-state index is 2.61. The number of hydrogen-bond donors (Lipinski definition) is 0. The fraction of sp³-hybridized carbons (Fsp3) is 0.440. The van der Waals surface area contributed by atoms with Crippen LogP contribution in [0.25, 0.3) is 23.3 Å². The molecule has 0 bridgehead atoms. The number of rotatable bonds is 4. The van der Waals surface area contributed by atoms with Gasteiger partial charge in [-0.15, -0.1) is 0 Å². The average Bonchev–Trinajstić information content (AvgIpc) is 3.03. The van der Waals surface area contributed by atoms with Crippen molar-refractivity contribution in [2.75, 3.05) is 6.26 Å². The molecule has 0 N–H and O–H groups in total. The van der Waals surface area contributed by atoms with Crippen molar-refractivity contribution in [3.63, 3.8) is 0 Å². The van der Waals surface area contributed by atoms with Gasteiger partial charge in [-0.1, -0.05) is 102 Å². The lowest BCUT2D eigenvalue weighted by atomic mass is 9.86. The zero-order chi connectivity index (χ0) is 20.0. The van der Waals surface area contributed by atoms with Gasteiger partial charge in [-0.3, -0.25) is 0 Å². The minimum atomic E-state index is -1.51. The van der Waals surface area contributed by atoms with Gasteiger partial charge in [-0.05, 0) is 44.7 Å². The molecule has 1 atom stereocenters. The molecule has 0 nitrogen and oxygen atoms in total. The summed E-state index contributed by atoms with van der Waals surface area (Å²) in [6, 6.07) is 16.0. The van der Waals surface area contributed by atoms with Crippen molar-refractivity contribution in [1.29, 1.82) is 0 Å². The Morgan fingerprint density at radius 1 is 0.926 bits per heavy atom. The topological polar surface area (TPSA) is 0 Å². The van der Waals surface area contributed by atoms with Crippen molar-refractivity contribution in [2.45, 2.75) is 58.2 Å². The summed E-state index contributed by atoms with van der Waals surface area (Å²) in [5.41, 5.74) is 4.28. The van der Waals surface area contributed by atoms with E-state index in [-0.39, 0.29) is 10.5 Å². The second-order valence-electron chi connectivity index (χ2n) is 9.73. The monoisotopic (exact) mass is 394 g/mol. The Hall–Kier alpha value is -1.25. The predicted octanol–water partition coefficient (Wildman–Crippen LogP) is 6.19. The molecule has 1 aliphatic carbocycles.